The molecule has 186 valence electrons. The average molecular weight is 503 g/mol. The third-order valence-electron chi connectivity index (χ3n) is 6.75. The summed E-state index contributed by atoms with van der Waals surface area (Å²) in [6.07, 6.45) is 9.54. The van der Waals surface area contributed by atoms with Crippen molar-refractivity contribution < 1.29 is 18.1 Å². The van der Waals surface area contributed by atoms with E-state index in [1.165, 1.54) is 0 Å². The van der Waals surface area contributed by atoms with E-state index in [-0.39, 0.29) is 16.9 Å². The third kappa shape index (κ3) is 8.95. The Bertz CT molecular complexity index is 574. The first-order valence-electron chi connectivity index (χ1n) is 12.6. The summed E-state index contributed by atoms with van der Waals surface area (Å²) in [5.41, 5.74) is -0.135. The Hall–Kier alpha value is -0.0531. The molecule has 1 aliphatic carbocycles. The molecule has 0 bridgehead atoms. The van der Waals surface area contributed by atoms with Crippen LogP contribution in [0.15, 0.2) is 0 Å². The van der Waals surface area contributed by atoms with Crippen molar-refractivity contribution >= 4 is 48.8 Å². The fourth-order valence-electron chi connectivity index (χ4n) is 5.30. The molecule has 4 nitrogen and oxygen atoms in total. The van der Waals surface area contributed by atoms with Gasteiger partial charge in [0.1, 0.15) is 5.78 Å². The molecule has 0 aromatic rings. The highest BCUT2D eigenvalue weighted by atomic mass is 32.1. The number of hydrogen-bond acceptors (Lipinski definition) is 6. The highest BCUT2D eigenvalue weighted by Crippen LogP contribution is 2.47. The topological polar surface area (TPSA) is 44.8 Å². The van der Waals surface area contributed by atoms with E-state index in [2.05, 4.69) is 6.92 Å². The van der Waals surface area contributed by atoms with Crippen LogP contribution < -0.4 is 0 Å². The van der Waals surface area contributed by atoms with Crippen molar-refractivity contribution in [1.82, 2.24) is 0 Å². The molecule has 2 unspecified atom stereocenters. The van der Waals surface area contributed by atoms with Gasteiger partial charge in [-0.05, 0) is 102 Å². The molecule has 1 aliphatic rings. The van der Waals surface area contributed by atoms with Gasteiger partial charge in [-0.25, -0.2) is 0 Å². The minimum absolute atomic E-state index is 0.0501. The molecular formula is C25H46O4S2Si. The molecule has 1 rings (SSSR count). The summed E-state index contributed by atoms with van der Waals surface area (Å²) in [5, 5.41) is 0. The number of thiocarbonyl (C=S) groups is 2. The highest BCUT2D eigenvalue weighted by Gasteiger charge is 2.50. The molecule has 32 heavy (non-hydrogen) atoms. The Morgan fingerprint density at radius 2 is 1.47 bits per heavy atom. The summed E-state index contributed by atoms with van der Waals surface area (Å²) in [6, 6.07) is 0. The average Bonchev–Trinajstić information content (AvgIpc) is 2.71. The second kappa shape index (κ2) is 15.0. The van der Waals surface area contributed by atoms with Crippen LogP contribution in [0.3, 0.4) is 0 Å². The maximum absolute atomic E-state index is 14.0. The normalized spacial score (nSPS) is 19.7. The lowest BCUT2D eigenvalue weighted by Gasteiger charge is -2.42. The van der Waals surface area contributed by atoms with Gasteiger partial charge in [-0.15, -0.1) is 0 Å². The number of carbonyl (C=O) groups is 1. The second-order valence-electron chi connectivity index (χ2n) is 9.38. The van der Waals surface area contributed by atoms with Crippen LogP contribution in [0.1, 0.15) is 106 Å². The van der Waals surface area contributed by atoms with E-state index in [1.807, 2.05) is 34.6 Å². The summed E-state index contributed by atoms with van der Waals surface area (Å²) in [4.78, 5) is 16.0. The van der Waals surface area contributed by atoms with Gasteiger partial charge in [-0.2, -0.15) is 0 Å². The van der Waals surface area contributed by atoms with E-state index >= 15 is 0 Å². The SMILES string of the molecule is CCO[Si](OCC)(OCC)C(C)CC1CCCC(CCCC(C)=S)(CCCC(C)=S)C1=O. The van der Waals surface area contributed by atoms with Gasteiger partial charge in [0.25, 0.3) is 0 Å². The lowest BCUT2D eigenvalue weighted by molar-refractivity contribution is -0.138. The maximum atomic E-state index is 14.0. The number of Topliss-reactive ketones (excluding diaryl/α,β-unsaturated/α-hetero) is 1. The van der Waals surface area contributed by atoms with Crippen LogP contribution in [-0.2, 0) is 18.1 Å². The Kier molecular flexibility index (Phi) is 14.1. The van der Waals surface area contributed by atoms with Gasteiger partial charge in [0, 0.05) is 36.7 Å². The summed E-state index contributed by atoms with van der Waals surface area (Å²) < 4.78 is 18.4. The molecule has 7 heteroatoms. The van der Waals surface area contributed by atoms with Gasteiger partial charge < -0.3 is 13.3 Å². The Balaban J connectivity index is 3.04. The lowest BCUT2D eigenvalue weighted by atomic mass is 9.63. The third-order valence-corrected chi connectivity index (χ3v) is 10.7. The Morgan fingerprint density at radius 1 is 1.00 bits per heavy atom. The van der Waals surface area contributed by atoms with Crippen molar-refractivity contribution in [2.24, 2.45) is 11.3 Å². The number of hydrogen-bond donors (Lipinski definition) is 0. The zero-order valence-corrected chi connectivity index (χ0v) is 23.9. The highest BCUT2D eigenvalue weighted by molar-refractivity contribution is 7.80. The molecular weight excluding hydrogens is 456 g/mol. The van der Waals surface area contributed by atoms with Crippen molar-refractivity contribution in [1.29, 1.82) is 0 Å². The van der Waals surface area contributed by atoms with E-state index in [9.17, 15) is 4.79 Å². The van der Waals surface area contributed by atoms with E-state index in [0.29, 0.717) is 25.6 Å². The first kappa shape index (κ1) is 30.0. The van der Waals surface area contributed by atoms with Crippen LogP contribution in [0.4, 0.5) is 0 Å². The molecule has 0 spiro atoms. The molecule has 1 saturated carbocycles. The second-order valence-corrected chi connectivity index (χ2v) is 13.8. The minimum atomic E-state index is -2.83. The smallest absolute Gasteiger partial charge is 0.374 e. The fourth-order valence-corrected chi connectivity index (χ4v) is 8.47. The minimum Gasteiger partial charge on any atom is -0.374 e. The first-order valence-corrected chi connectivity index (χ1v) is 15.2. The lowest BCUT2D eigenvalue weighted by Crippen LogP contribution is -2.51. The van der Waals surface area contributed by atoms with E-state index in [1.54, 1.807) is 0 Å². The van der Waals surface area contributed by atoms with E-state index in [4.69, 9.17) is 37.7 Å². The molecule has 0 radical (unpaired) electrons. The van der Waals surface area contributed by atoms with Gasteiger partial charge in [0.15, 0.2) is 0 Å². The largest absolute Gasteiger partial charge is 0.503 e. The first-order chi connectivity index (χ1) is 15.2. The molecule has 2 atom stereocenters. The standard InChI is InChI=1S/C25H46O4S2Si/c1-7-27-32(28-8-2,29-9-3)22(6)19-23-15-12-18-25(24(23)26,16-10-13-20(4)30)17-11-14-21(5)31/h22-23H,7-19H2,1-6H3. The van der Waals surface area contributed by atoms with E-state index < -0.39 is 8.80 Å². The molecule has 0 aromatic heterocycles. The van der Waals surface area contributed by atoms with Gasteiger partial charge in [-0.1, -0.05) is 37.8 Å². The Labute approximate surface area is 208 Å². The molecule has 0 aromatic carbocycles. The summed E-state index contributed by atoms with van der Waals surface area (Å²) in [7, 11) is -2.83. The van der Waals surface area contributed by atoms with Crippen LogP contribution in [-0.4, -0.2) is 44.1 Å². The fraction of sp³-hybridized carbons (Fsp3) is 0.880. The molecule has 0 aliphatic heterocycles. The number of rotatable bonds is 17. The van der Waals surface area contributed by atoms with Crippen LogP contribution in [0, 0.1) is 11.3 Å². The van der Waals surface area contributed by atoms with Crippen LogP contribution in [0.2, 0.25) is 5.54 Å². The van der Waals surface area contributed by atoms with Gasteiger partial charge >= 0.3 is 8.80 Å². The van der Waals surface area contributed by atoms with Crippen molar-refractivity contribution in [3.05, 3.63) is 0 Å². The summed E-state index contributed by atoms with van der Waals surface area (Å²) >= 11 is 10.6. The predicted octanol–water partition coefficient (Wildman–Crippen LogP) is 7.29. The zero-order valence-electron chi connectivity index (χ0n) is 21.3. The monoisotopic (exact) mass is 502 g/mol. The van der Waals surface area contributed by atoms with Crippen molar-refractivity contribution in [2.45, 2.75) is 111 Å². The molecule has 0 saturated heterocycles. The summed E-state index contributed by atoms with van der Waals surface area (Å²) in [6.45, 7) is 13.8. The molecule has 0 N–H and O–H groups in total. The van der Waals surface area contributed by atoms with Crippen molar-refractivity contribution in [3.63, 3.8) is 0 Å². The quantitative estimate of drug-likeness (QED) is 0.154. The molecule has 0 heterocycles. The molecule has 1 fully saturated rings. The van der Waals surface area contributed by atoms with Crippen molar-refractivity contribution in [2.75, 3.05) is 19.8 Å². The van der Waals surface area contributed by atoms with Crippen LogP contribution >= 0.6 is 24.4 Å². The van der Waals surface area contributed by atoms with Gasteiger partial charge in [0.2, 0.25) is 0 Å². The number of carbonyl (C=O) groups excluding carboxylic acids is 1. The van der Waals surface area contributed by atoms with Crippen molar-refractivity contribution in [3.8, 4) is 0 Å². The van der Waals surface area contributed by atoms with Crippen LogP contribution in [0.25, 0.3) is 0 Å². The molecule has 0 amide bonds. The predicted molar refractivity (Wildman–Crippen MR) is 144 cm³/mol. The van der Waals surface area contributed by atoms with Crippen LogP contribution in [0.5, 0.6) is 0 Å². The van der Waals surface area contributed by atoms with Gasteiger partial charge in [-0.3, -0.25) is 4.79 Å². The summed E-state index contributed by atoms with van der Waals surface area (Å²) in [5.74, 6) is 0.501. The van der Waals surface area contributed by atoms with Gasteiger partial charge in [0.05, 0.1) is 0 Å². The Morgan fingerprint density at radius 3 is 1.88 bits per heavy atom. The number of ketones is 1. The zero-order chi connectivity index (χ0) is 24.2. The maximum Gasteiger partial charge on any atom is 0.503 e. The van der Waals surface area contributed by atoms with E-state index in [0.717, 1.165) is 73.9 Å².